The highest BCUT2D eigenvalue weighted by molar-refractivity contribution is 7.98. The molecule has 2 heterocycles. The molecule has 6 nitrogen and oxygen atoms in total. The Morgan fingerprint density at radius 2 is 2.09 bits per heavy atom. The standard InChI is InChI=1S/C16H16N4O2S/c1-3-11-8-13(21)18-16(17-11)23-9-14-19-15(20-22-14)12-7-5-4-6-10(12)2/h4-8H,3,9H2,1-2H3,(H,17,18,21). The molecule has 1 aromatic carbocycles. The van der Waals surface area contributed by atoms with Crippen LogP contribution in [-0.2, 0) is 12.2 Å². The zero-order valence-electron chi connectivity index (χ0n) is 12.9. The van der Waals surface area contributed by atoms with Gasteiger partial charge < -0.3 is 9.51 Å². The molecule has 7 heteroatoms. The van der Waals surface area contributed by atoms with Crippen molar-refractivity contribution in [2.75, 3.05) is 0 Å². The SMILES string of the molecule is CCc1cc(=O)[nH]c(SCc2nc(-c3ccccc3C)no2)n1. The minimum Gasteiger partial charge on any atom is -0.338 e. The number of nitrogens with zero attached hydrogens (tertiary/aromatic N) is 3. The van der Waals surface area contributed by atoms with Gasteiger partial charge in [-0.05, 0) is 18.9 Å². The lowest BCUT2D eigenvalue weighted by atomic mass is 10.1. The third-order valence-electron chi connectivity index (χ3n) is 3.32. The lowest BCUT2D eigenvalue weighted by molar-refractivity contribution is 0.391. The molecule has 3 aromatic rings. The lowest BCUT2D eigenvalue weighted by Gasteiger charge is -2.00. The van der Waals surface area contributed by atoms with Gasteiger partial charge in [0, 0.05) is 17.3 Å². The number of aryl methyl sites for hydroxylation is 2. The van der Waals surface area contributed by atoms with E-state index in [0.29, 0.717) is 22.6 Å². The van der Waals surface area contributed by atoms with E-state index in [0.717, 1.165) is 23.2 Å². The molecule has 0 aliphatic rings. The molecule has 0 amide bonds. The Balaban J connectivity index is 1.74. The van der Waals surface area contributed by atoms with Crippen LogP contribution in [0.15, 0.2) is 44.8 Å². The number of aromatic nitrogens is 4. The van der Waals surface area contributed by atoms with Crippen molar-refractivity contribution in [3.05, 3.63) is 57.8 Å². The van der Waals surface area contributed by atoms with Crippen LogP contribution in [0, 0.1) is 6.92 Å². The molecule has 23 heavy (non-hydrogen) atoms. The normalized spacial score (nSPS) is 10.9. The first-order valence-electron chi connectivity index (χ1n) is 7.27. The van der Waals surface area contributed by atoms with Gasteiger partial charge in [-0.25, -0.2) is 4.98 Å². The Morgan fingerprint density at radius 3 is 2.87 bits per heavy atom. The first kappa shape index (κ1) is 15.5. The monoisotopic (exact) mass is 328 g/mol. The second-order valence-electron chi connectivity index (χ2n) is 5.01. The van der Waals surface area contributed by atoms with Gasteiger partial charge in [-0.2, -0.15) is 4.98 Å². The molecule has 0 unspecified atom stereocenters. The summed E-state index contributed by atoms with van der Waals surface area (Å²) in [5, 5.41) is 4.58. The van der Waals surface area contributed by atoms with Crippen LogP contribution >= 0.6 is 11.8 Å². The van der Waals surface area contributed by atoms with E-state index in [1.807, 2.05) is 38.1 Å². The maximum Gasteiger partial charge on any atom is 0.251 e. The predicted molar refractivity (Wildman–Crippen MR) is 88.3 cm³/mol. The third-order valence-corrected chi connectivity index (χ3v) is 4.18. The first-order chi connectivity index (χ1) is 11.2. The van der Waals surface area contributed by atoms with Crippen LogP contribution in [0.25, 0.3) is 11.4 Å². The van der Waals surface area contributed by atoms with Crippen molar-refractivity contribution in [2.45, 2.75) is 31.2 Å². The summed E-state index contributed by atoms with van der Waals surface area (Å²) < 4.78 is 5.28. The summed E-state index contributed by atoms with van der Waals surface area (Å²) in [4.78, 5) is 23.0. The average Bonchev–Trinajstić information content (AvgIpc) is 3.01. The van der Waals surface area contributed by atoms with E-state index in [1.165, 1.54) is 17.8 Å². The number of hydrogen-bond donors (Lipinski definition) is 1. The van der Waals surface area contributed by atoms with E-state index in [2.05, 4.69) is 20.1 Å². The molecule has 118 valence electrons. The van der Waals surface area contributed by atoms with Gasteiger partial charge in [0.1, 0.15) is 0 Å². The molecule has 0 saturated heterocycles. The summed E-state index contributed by atoms with van der Waals surface area (Å²) in [6, 6.07) is 9.38. The molecule has 0 aliphatic carbocycles. The Bertz CT molecular complexity index is 872. The van der Waals surface area contributed by atoms with Gasteiger partial charge in [0.05, 0.1) is 5.75 Å². The van der Waals surface area contributed by atoms with Crippen molar-refractivity contribution in [1.82, 2.24) is 20.1 Å². The Labute approximate surface area is 137 Å². The third kappa shape index (κ3) is 3.68. The Hall–Kier alpha value is -2.41. The Morgan fingerprint density at radius 1 is 1.26 bits per heavy atom. The molecule has 3 rings (SSSR count). The number of nitrogens with one attached hydrogen (secondary N) is 1. The molecule has 0 aliphatic heterocycles. The van der Waals surface area contributed by atoms with E-state index in [4.69, 9.17) is 4.52 Å². The summed E-state index contributed by atoms with van der Waals surface area (Å²) in [5.41, 5.74) is 2.66. The number of hydrogen-bond acceptors (Lipinski definition) is 6. The molecule has 0 spiro atoms. The summed E-state index contributed by atoms with van der Waals surface area (Å²) in [7, 11) is 0. The molecule has 2 aromatic heterocycles. The lowest BCUT2D eigenvalue weighted by Crippen LogP contribution is -2.09. The zero-order chi connectivity index (χ0) is 16.2. The number of rotatable bonds is 5. The largest absolute Gasteiger partial charge is 0.338 e. The fraction of sp³-hybridized carbons (Fsp3) is 0.250. The minimum absolute atomic E-state index is 0.148. The summed E-state index contributed by atoms with van der Waals surface area (Å²) in [6.45, 7) is 3.97. The van der Waals surface area contributed by atoms with Gasteiger partial charge in [0.2, 0.25) is 11.7 Å². The van der Waals surface area contributed by atoms with Crippen molar-refractivity contribution >= 4 is 11.8 Å². The summed E-state index contributed by atoms with van der Waals surface area (Å²) >= 11 is 1.37. The predicted octanol–water partition coefficient (Wildman–Crippen LogP) is 2.98. The number of thioether (sulfide) groups is 1. The molecular weight excluding hydrogens is 312 g/mol. The number of aromatic amines is 1. The fourth-order valence-corrected chi connectivity index (χ4v) is 2.84. The maximum atomic E-state index is 11.5. The van der Waals surface area contributed by atoms with Crippen LogP contribution in [0.2, 0.25) is 0 Å². The van der Waals surface area contributed by atoms with Crippen LogP contribution in [-0.4, -0.2) is 20.1 Å². The quantitative estimate of drug-likeness (QED) is 0.572. The van der Waals surface area contributed by atoms with Gasteiger partial charge in [-0.3, -0.25) is 4.79 Å². The smallest absolute Gasteiger partial charge is 0.251 e. The highest BCUT2D eigenvalue weighted by atomic mass is 32.2. The van der Waals surface area contributed by atoms with Gasteiger partial charge >= 0.3 is 0 Å². The molecule has 0 bridgehead atoms. The van der Waals surface area contributed by atoms with Gasteiger partial charge in [0.25, 0.3) is 5.56 Å². The highest BCUT2D eigenvalue weighted by Crippen LogP contribution is 2.22. The highest BCUT2D eigenvalue weighted by Gasteiger charge is 2.11. The van der Waals surface area contributed by atoms with Crippen LogP contribution in [0.1, 0.15) is 24.1 Å². The van der Waals surface area contributed by atoms with E-state index >= 15 is 0 Å². The molecule has 0 radical (unpaired) electrons. The van der Waals surface area contributed by atoms with E-state index < -0.39 is 0 Å². The van der Waals surface area contributed by atoms with Crippen molar-refractivity contribution in [3.63, 3.8) is 0 Å². The summed E-state index contributed by atoms with van der Waals surface area (Å²) in [5.74, 6) is 1.52. The average molecular weight is 328 g/mol. The second-order valence-corrected chi connectivity index (χ2v) is 5.97. The minimum atomic E-state index is -0.148. The molecule has 0 atom stereocenters. The van der Waals surface area contributed by atoms with E-state index in [-0.39, 0.29) is 5.56 Å². The van der Waals surface area contributed by atoms with Crippen LogP contribution in [0.4, 0.5) is 0 Å². The van der Waals surface area contributed by atoms with Crippen molar-refractivity contribution in [1.29, 1.82) is 0 Å². The molecule has 0 saturated carbocycles. The van der Waals surface area contributed by atoms with Crippen LogP contribution < -0.4 is 5.56 Å². The molecular formula is C16H16N4O2S. The van der Waals surface area contributed by atoms with Gasteiger partial charge in [0.15, 0.2) is 5.16 Å². The van der Waals surface area contributed by atoms with Crippen molar-refractivity contribution in [2.24, 2.45) is 0 Å². The number of H-pyrrole nitrogens is 1. The van der Waals surface area contributed by atoms with Crippen molar-refractivity contribution < 1.29 is 4.52 Å². The first-order valence-corrected chi connectivity index (χ1v) is 8.26. The zero-order valence-corrected chi connectivity index (χ0v) is 13.7. The van der Waals surface area contributed by atoms with Gasteiger partial charge in [-0.1, -0.05) is 48.1 Å². The Kier molecular flexibility index (Phi) is 4.57. The van der Waals surface area contributed by atoms with Crippen LogP contribution in [0.5, 0.6) is 0 Å². The molecule has 0 fully saturated rings. The van der Waals surface area contributed by atoms with E-state index in [9.17, 15) is 4.79 Å². The van der Waals surface area contributed by atoms with E-state index in [1.54, 1.807) is 0 Å². The topological polar surface area (TPSA) is 84.7 Å². The second kappa shape index (κ2) is 6.78. The molecule has 1 N–H and O–H groups in total. The maximum absolute atomic E-state index is 11.5. The van der Waals surface area contributed by atoms with Crippen LogP contribution in [0.3, 0.4) is 0 Å². The van der Waals surface area contributed by atoms with Crippen molar-refractivity contribution in [3.8, 4) is 11.4 Å². The fourth-order valence-electron chi connectivity index (χ4n) is 2.11. The van der Waals surface area contributed by atoms with Gasteiger partial charge in [-0.15, -0.1) is 0 Å². The summed E-state index contributed by atoms with van der Waals surface area (Å²) in [6.07, 6.45) is 0.718. The number of benzene rings is 1.